The fraction of sp³-hybridized carbons (Fsp3) is 0.0185. The van der Waals surface area contributed by atoms with Crippen molar-refractivity contribution >= 4 is 43.6 Å². The van der Waals surface area contributed by atoms with Crippen molar-refractivity contribution in [2.24, 2.45) is 0 Å². The van der Waals surface area contributed by atoms with Crippen LogP contribution in [0.25, 0.3) is 88.4 Å². The highest BCUT2D eigenvalue weighted by Gasteiger charge is 2.52. The number of fused-ring (bicyclic) bond motifs is 17. The molecule has 0 radical (unpaired) electrons. The van der Waals surface area contributed by atoms with E-state index >= 15 is 0 Å². The van der Waals surface area contributed by atoms with E-state index in [0.29, 0.717) is 0 Å². The highest BCUT2D eigenvalue weighted by molar-refractivity contribution is 6.16. The Balaban J connectivity index is 0.990. The normalized spacial score (nSPS) is 13.4. The van der Waals surface area contributed by atoms with Crippen LogP contribution in [-0.4, -0.2) is 14.1 Å². The highest BCUT2D eigenvalue weighted by Crippen LogP contribution is 2.64. The average Bonchev–Trinajstić information content (AvgIpc) is 3.99. The minimum Gasteiger partial charge on any atom is -0.309 e. The first-order valence-corrected chi connectivity index (χ1v) is 19.7. The molecule has 0 N–H and O–H groups in total. The first kappa shape index (κ1) is 30.8. The van der Waals surface area contributed by atoms with E-state index in [1.54, 1.807) is 0 Å². The monoisotopic (exact) mass is 723 g/mol. The molecule has 11 aromatic rings. The van der Waals surface area contributed by atoms with Crippen LogP contribution >= 0.6 is 0 Å². The van der Waals surface area contributed by atoms with Gasteiger partial charge < -0.3 is 9.13 Å². The smallest absolute Gasteiger partial charge is 0.0726 e. The third kappa shape index (κ3) is 3.92. The van der Waals surface area contributed by atoms with Crippen LogP contribution in [0.5, 0.6) is 0 Å². The van der Waals surface area contributed by atoms with Gasteiger partial charge in [0.1, 0.15) is 0 Å². The lowest BCUT2D eigenvalue weighted by Crippen LogP contribution is -2.25. The predicted octanol–water partition coefficient (Wildman–Crippen LogP) is 13.3. The number of rotatable bonds is 3. The Morgan fingerprint density at radius 1 is 0.351 bits per heavy atom. The Morgan fingerprint density at radius 3 is 1.49 bits per heavy atom. The third-order valence-corrected chi connectivity index (χ3v) is 12.9. The van der Waals surface area contributed by atoms with Crippen molar-refractivity contribution in [3.8, 4) is 44.8 Å². The summed E-state index contributed by atoms with van der Waals surface area (Å²) >= 11 is 0. The number of aromatic nitrogens is 3. The van der Waals surface area contributed by atoms with Gasteiger partial charge in [0.15, 0.2) is 0 Å². The van der Waals surface area contributed by atoms with Gasteiger partial charge in [-0.15, -0.1) is 0 Å². The molecule has 2 aliphatic carbocycles. The van der Waals surface area contributed by atoms with Crippen LogP contribution in [0.1, 0.15) is 22.3 Å². The van der Waals surface area contributed by atoms with Crippen molar-refractivity contribution in [2.45, 2.75) is 5.41 Å². The summed E-state index contributed by atoms with van der Waals surface area (Å²) in [7, 11) is 0. The van der Waals surface area contributed by atoms with E-state index in [1.807, 2.05) is 12.4 Å². The second-order valence-corrected chi connectivity index (χ2v) is 15.5. The summed E-state index contributed by atoms with van der Waals surface area (Å²) in [6.45, 7) is 0. The van der Waals surface area contributed by atoms with Crippen LogP contribution < -0.4 is 0 Å². The molecule has 264 valence electrons. The second kappa shape index (κ2) is 11.3. The number of para-hydroxylation sites is 2. The molecule has 57 heavy (non-hydrogen) atoms. The van der Waals surface area contributed by atoms with Gasteiger partial charge in [-0.25, -0.2) is 0 Å². The standard InChI is InChI=1S/C54H33N3/c1-6-16-45-38(11-1)39-12-2-7-17-46(39)54(45)47-18-8-3-15-43(47)52-48(54)30-29-42-40-13-4-10-20-50(40)57(53(42)52)37-27-23-35(24-28-37)34-21-25-36(26-22-34)56-49-19-9-5-14-41(49)44-33-55-32-31-51(44)56/h1-33H. The number of nitrogens with zero attached hydrogens (tertiary/aromatic N) is 3. The number of benzene rings is 8. The summed E-state index contributed by atoms with van der Waals surface area (Å²) < 4.78 is 4.85. The van der Waals surface area contributed by atoms with Crippen molar-refractivity contribution < 1.29 is 0 Å². The van der Waals surface area contributed by atoms with Gasteiger partial charge in [0, 0.05) is 50.9 Å². The van der Waals surface area contributed by atoms with E-state index in [9.17, 15) is 0 Å². The third-order valence-electron chi connectivity index (χ3n) is 12.9. The molecule has 3 nitrogen and oxygen atoms in total. The summed E-state index contributed by atoms with van der Waals surface area (Å²) in [4.78, 5) is 4.43. The van der Waals surface area contributed by atoms with Gasteiger partial charge >= 0.3 is 0 Å². The van der Waals surface area contributed by atoms with Crippen LogP contribution in [0.2, 0.25) is 0 Å². The van der Waals surface area contributed by atoms with Gasteiger partial charge in [-0.2, -0.15) is 0 Å². The summed E-state index contributed by atoms with van der Waals surface area (Å²) in [6.07, 6.45) is 3.85. The SMILES string of the molecule is c1ccc2c(c1)-c1ccccc1C21c2ccccc2-c2c1ccc1c3ccccc3n(-c3ccc(-c4ccc(-n5c6ccccc6c6cnccc65)cc4)cc3)c21. The van der Waals surface area contributed by atoms with Crippen molar-refractivity contribution in [2.75, 3.05) is 0 Å². The first-order valence-electron chi connectivity index (χ1n) is 19.7. The molecule has 0 saturated heterocycles. The van der Waals surface area contributed by atoms with Gasteiger partial charge in [0.2, 0.25) is 0 Å². The van der Waals surface area contributed by atoms with E-state index in [1.165, 1.54) is 93.7 Å². The topological polar surface area (TPSA) is 22.8 Å². The zero-order valence-corrected chi connectivity index (χ0v) is 30.9. The van der Waals surface area contributed by atoms with Crippen LogP contribution in [0.4, 0.5) is 0 Å². The maximum Gasteiger partial charge on any atom is 0.0726 e. The van der Waals surface area contributed by atoms with E-state index in [2.05, 4.69) is 202 Å². The van der Waals surface area contributed by atoms with E-state index < -0.39 is 0 Å². The fourth-order valence-corrected chi connectivity index (χ4v) is 10.6. The van der Waals surface area contributed by atoms with Gasteiger partial charge in [0.05, 0.1) is 27.5 Å². The molecular formula is C54H33N3. The van der Waals surface area contributed by atoms with Crippen molar-refractivity contribution in [3.63, 3.8) is 0 Å². The first-order chi connectivity index (χ1) is 28.3. The average molecular weight is 724 g/mol. The molecule has 0 amide bonds. The maximum atomic E-state index is 4.43. The lowest BCUT2D eigenvalue weighted by Gasteiger charge is -2.30. The molecule has 3 heterocycles. The van der Waals surface area contributed by atoms with E-state index in [-0.39, 0.29) is 5.41 Å². The second-order valence-electron chi connectivity index (χ2n) is 15.5. The summed E-state index contributed by atoms with van der Waals surface area (Å²) in [5.74, 6) is 0. The Morgan fingerprint density at radius 2 is 0.842 bits per heavy atom. The van der Waals surface area contributed by atoms with Crippen molar-refractivity contribution in [1.82, 2.24) is 14.1 Å². The predicted molar refractivity (Wildman–Crippen MR) is 235 cm³/mol. The lowest BCUT2D eigenvalue weighted by atomic mass is 9.70. The molecule has 0 unspecified atom stereocenters. The number of hydrogen-bond donors (Lipinski definition) is 0. The number of pyridine rings is 1. The molecule has 8 aromatic carbocycles. The molecule has 0 fully saturated rings. The Labute approximate surface area is 329 Å². The Hall–Kier alpha value is -7.49. The van der Waals surface area contributed by atoms with Crippen molar-refractivity contribution in [1.29, 1.82) is 0 Å². The van der Waals surface area contributed by atoms with Crippen LogP contribution in [0, 0.1) is 0 Å². The minimum atomic E-state index is -0.388. The molecule has 0 atom stereocenters. The fourth-order valence-electron chi connectivity index (χ4n) is 10.6. The molecule has 0 bridgehead atoms. The number of hydrogen-bond acceptors (Lipinski definition) is 1. The van der Waals surface area contributed by atoms with Gasteiger partial charge in [0.25, 0.3) is 0 Å². The molecule has 1 spiro atoms. The van der Waals surface area contributed by atoms with Gasteiger partial charge in [-0.05, 0) is 92.5 Å². The molecule has 2 aliphatic rings. The van der Waals surface area contributed by atoms with Crippen LogP contribution in [-0.2, 0) is 5.41 Å². The highest BCUT2D eigenvalue weighted by atomic mass is 15.0. The Bertz CT molecular complexity index is 3350. The van der Waals surface area contributed by atoms with E-state index in [0.717, 1.165) is 16.9 Å². The largest absolute Gasteiger partial charge is 0.309 e. The zero-order chi connectivity index (χ0) is 37.2. The molecule has 13 rings (SSSR count). The molecule has 0 saturated carbocycles. The molecule has 0 aliphatic heterocycles. The summed E-state index contributed by atoms with van der Waals surface area (Å²) in [5.41, 5.74) is 19.8. The summed E-state index contributed by atoms with van der Waals surface area (Å²) in [5, 5.41) is 4.92. The summed E-state index contributed by atoms with van der Waals surface area (Å²) in [6, 6.07) is 69.7. The minimum absolute atomic E-state index is 0.388. The Kier molecular flexibility index (Phi) is 6.10. The quantitative estimate of drug-likeness (QED) is 0.178. The van der Waals surface area contributed by atoms with E-state index in [4.69, 9.17) is 0 Å². The van der Waals surface area contributed by atoms with Crippen LogP contribution in [0.3, 0.4) is 0 Å². The molecule has 3 heteroatoms. The van der Waals surface area contributed by atoms with Gasteiger partial charge in [-0.3, -0.25) is 4.98 Å². The molecular weight excluding hydrogens is 691 g/mol. The molecule has 3 aromatic heterocycles. The van der Waals surface area contributed by atoms with Crippen molar-refractivity contribution in [3.05, 3.63) is 223 Å². The van der Waals surface area contributed by atoms with Gasteiger partial charge in [-0.1, -0.05) is 146 Å². The maximum absolute atomic E-state index is 4.43. The van der Waals surface area contributed by atoms with Crippen LogP contribution in [0.15, 0.2) is 200 Å². The lowest BCUT2D eigenvalue weighted by molar-refractivity contribution is 0.794. The zero-order valence-electron chi connectivity index (χ0n) is 30.9.